The zero-order valence-electron chi connectivity index (χ0n) is 33.5. The second-order valence-electron chi connectivity index (χ2n) is 15.1. The zero-order chi connectivity index (χ0) is 38.7. The molecule has 1 aromatic carbocycles. The number of carbonyl (C=O) groups excluding carboxylic acids is 4. The minimum absolute atomic E-state index is 0.00816. The number of nitrogens with zero attached hydrogens (tertiary/aromatic N) is 4. The Bertz CT molecular complexity index is 1290. The van der Waals surface area contributed by atoms with Crippen LogP contribution in [0.25, 0.3) is 0 Å². The van der Waals surface area contributed by atoms with Gasteiger partial charge in [0, 0.05) is 56.2 Å². The lowest BCUT2D eigenvalue weighted by Gasteiger charge is -2.41. The number of hydrogen-bond donors (Lipinski definition) is 2. The molecule has 2 N–H and O–H groups in total. The summed E-state index contributed by atoms with van der Waals surface area (Å²) in [6, 6.07) is 5.05. The summed E-state index contributed by atoms with van der Waals surface area (Å²) in [5.74, 6) is -0.881. The first-order valence-corrected chi connectivity index (χ1v) is 19.9. The van der Waals surface area contributed by atoms with Crippen LogP contribution in [-0.4, -0.2) is 127 Å². The topological polar surface area (TPSA) is 123 Å². The molecule has 0 bridgehead atoms. The number of amides is 4. The number of aromatic hydroxyl groups is 1. The SMILES string of the molecule is CCC(C)C(C(CC(=O)N1CCCC1C(SC)C(C)C(=O)N(CC)c1cccc(O)c1)OC)N(C)C(=O)C(NC(=O)C(C(C)C)N(C)C)C(C)C. The highest BCUT2D eigenvalue weighted by Crippen LogP contribution is 2.35. The lowest BCUT2D eigenvalue weighted by molar-refractivity contribution is -0.146. The molecule has 4 amide bonds. The Morgan fingerprint density at radius 2 is 1.67 bits per heavy atom. The number of phenolic OH excluding ortho intramolecular Hbond substituents is 1. The van der Waals surface area contributed by atoms with Gasteiger partial charge in [0.05, 0.1) is 24.6 Å². The van der Waals surface area contributed by atoms with Crippen LogP contribution in [0.4, 0.5) is 5.69 Å². The average Bonchev–Trinajstić information content (AvgIpc) is 3.56. The van der Waals surface area contributed by atoms with Crippen molar-refractivity contribution in [2.75, 3.05) is 52.5 Å². The van der Waals surface area contributed by atoms with Crippen molar-refractivity contribution >= 4 is 41.1 Å². The number of thioether (sulfide) groups is 1. The average molecular weight is 734 g/mol. The molecule has 8 unspecified atom stereocenters. The summed E-state index contributed by atoms with van der Waals surface area (Å²) in [5.41, 5.74) is 0.642. The second kappa shape index (κ2) is 20.4. The predicted octanol–water partition coefficient (Wildman–Crippen LogP) is 5.11. The number of likely N-dealkylation sites (N-methyl/N-ethyl adjacent to an activating group) is 2. The highest BCUT2D eigenvalue weighted by atomic mass is 32.2. The summed E-state index contributed by atoms with van der Waals surface area (Å²) in [6.45, 7) is 16.9. The Hall–Kier alpha value is -2.83. The monoisotopic (exact) mass is 733 g/mol. The third-order valence-corrected chi connectivity index (χ3v) is 11.9. The quantitative estimate of drug-likeness (QED) is 0.201. The van der Waals surface area contributed by atoms with E-state index in [2.05, 4.69) is 19.2 Å². The summed E-state index contributed by atoms with van der Waals surface area (Å²) < 4.78 is 6.05. The molecule has 0 radical (unpaired) electrons. The number of methoxy groups -OCH3 is 1. The fourth-order valence-electron chi connectivity index (χ4n) is 7.78. The number of phenols is 1. The molecule has 1 aromatic rings. The Morgan fingerprint density at radius 1 is 1.02 bits per heavy atom. The van der Waals surface area contributed by atoms with Crippen LogP contribution in [0.2, 0.25) is 0 Å². The molecule has 2 rings (SSSR count). The van der Waals surface area contributed by atoms with Crippen LogP contribution in [-0.2, 0) is 23.9 Å². The van der Waals surface area contributed by atoms with Crippen molar-refractivity contribution in [3.05, 3.63) is 24.3 Å². The van der Waals surface area contributed by atoms with E-state index in [9.17, 15) is 24.3 Å². The van der Waals surface area contributed by atoms with E-state index in [0.717, 1.165) is 19.3 Å². The Balaban J connectivity index is 2.32. The third kappa shape index (κ3) is 11.1. The number of hydrogen-bond acceptors (Lipinski definition) is 8. The molecule has 290 valence electrons. The largest absolute Gasteiger partial charge is 0.508 e. The minimum atomic E-state index is -0.740. The van der Waals surface area contributed by atoms with Gasteiger partial charge >= 0.3 is 0 Å². The van der Waals surface area contributed by atoms with E-state index in [1.54, 1.807) is 53.9 Å². The van der Waals surface area contributed by atoms with Crippen molar-refractivity contribution in [1.29, 1.82) is 0 Å². The minimum Gasteiger partial charge on any atom is -0.508 e. The molecule has 0 saturated carbocycles. The first-order chi connectivity index (χ1) is 24.0. The van der Waals surface area contributed by atoms with E-state index in [1.807, 2.05) is 77.8 Å². The van der Waals surface area contributed by atoms with E-state index >= 15 is 0 Å². The molecule has 0 aliphatic carbocycles. The van der Waals surface area contributed by atoms with Gasteiger partial charge in [-0.15, -0.1) is 0 Å². The highest BCUT2D eigenvalue weighted by Gasteiger charge is 2.43. The van der Waals surface area contributed by atoms with Gasteiger partial charge in [0.1, 0.15) is 11.8 Å². The number of nitrogens with one attached hydrogen (secondary N) is 1. The molecule has 0 aromatic heterocycles. The van der Waals surface area contributed by atoms with Crippen molar-refractivity contribution in [2.45, 2.75) is 117 Å². The molecule has 51 heavy (non-hydrogen) atoms. The summed E-state index contributed by atoms with van der Waals surface area (Å²) in [6.07, 6.45) is 3.88. The summed E-state index contributed by atoms with van der Waals surface area (Å²) in [5, 5.41) is 13.0. The molecule has 0 spiro atoms. The predicted molar refractivity (Wildman–Crippen MR) is 208 cm³/mol. The maximum atomic E-state index is 14.2. The number of ether oxygens (including phenoxy) is 1. The second-order valence-corrected chi connectivity index (χ2v) is 16.1. The standard InChI is InChI=1S/C39H67N5O6S/c1-14-26(7)35(42(11)39(49)33(24(3)4)40-37(47)34(25(5)6)41(9)10)31(50-12)23-32(46)44-21-17-20-30(44)36(51-13)27(8)38(48)43(15-2)28-18-16-19-29(45)22-28/h16,18-19,22,24-27,30-31,33-36,45H,14-15,17,20-21,23H2,1-13H3,(H,40,47). The first kappa shape index (κ1) is 44.3. The molecule has 1 saturated heterocycles. The maximum absolute atomic E-state index is 14.2. The Morgan fingerprint density at radius 3 is 2.16 bits per heavy atom. The van der Waals surface area contributed by atoms with Crippen LogP contribution in [0.15, 0.2) is 24.3 Å². The summed E-state index contributed by atoms with van der Waals surface area (Å²) in [7, 11) is 7.07. The van der Waals surface area contributed by atoms with Gasteiger partial charge in [-0.1, -0.05) is 61.0 Å². The van der Waals surface area contributed by atoms with Gasteiger partial charge in [-0.05, 0) is 70.0 Å². The molecule has 1 fully saturated rings. The van der Waals surface area contributed by atoms with Gasteiger partial charge in [-0.3, -0.25) is 24.1 Å². The van der Waals surface area contributed by atoms with Gasteiger partial charge in [0.25, 0.3) is 0 Å². The van der Waals surface area contributed by atoms with E-state index < -0.39 is 18.2 Å². The first-order valence-electron chi connectivity index (χ1n) is 18.7. The summed E-state index contributed by atoms with van der Waals surface area (Å²) in [4.78, 5) is 62.9. The Kier molecular flexibility index (Phi) is 17.8. The van der Waals surface area contributed by atoms with Crippen molar-refractivity contribution in [3.8, 4) is 5.75 Å². The number of anilines is 1. The molecule has 11 nitrogen and oxygen atoms in total. The van der Waals surface area contributed by atoms with E-state index in [4.69, 9.17) is 4.74 Å². The number of carbonyl (C=O) groups is 4. The molecular formula is C39H67N5O6S. The maximum Gasteiger partial charge on any atom is 0.245 e. The third-order valence-electron chi connectivity index (χ3n) is 10.6. The molecule has 1 aliphatic rings. The number of likely N-dealkylation sites (tertiary alicyclic amines) is 1. The lowest BCUT2D eigenvalue weighted by atomic mass is 9.89. The highest BCUT2D eigenvalue weighted by molar-refractivity contribution is 7.99. The number of rotatable bonds is 19. The van der Waals surface area contributed by atoms with E-state index in [-0.39, 0.29) is 76.8 Å². The van der Waals surface area contributed by atoms with E-state index in [1.165, 1.54) is 0 Å². The van der Waals surface area contributed by atoms with E-state index in [0.29, 0.717) is 18.8 Å². The fraction of sp³-hybridized carbons (Fsp3) is 0.744. The molecular weight excluding hydrogens is 667 g/mol. The van der Waals surface area contributed by atoms with Crippen LogP contribution in [0.1, 0.15) is 81.1 Å². The van der Waals surface area contributed by atoms with Gasteiger partial charge in [-0.25, -0.2) is 0 Å². The van der Waals surface area contributed by atoms with Crippen molar-refractivity contribution < 1.29 is 29.0 Å². The Labute approximate surface area is 312 Å². The van der Waals surface area contributed by atoms with Gasteiger partial charge in [0.15, 0.2) is 0 Å². The zero-order valence-corrected chi connectivity index (χ0v) is 34.3. The molecule has 8 atom stereocenters. The molecule has 1 aliphatic heterocycles. The van der Waals surface area contributed by atoms with Crippen LogP contribution in [0, 0.1) is 23.7 Å². The normalized spacial score (nSPS) is 19.0. The van der Waals surface area contributed by atoms with Crippen LogP contribution in [0.5, 0.6) is 5.75 Å². The number of benzene rings is 1. The van der Waals surface area contributed by atoms with Crippen molar-refractivity contribution in [2.24, 2.45) is 23.7 Å². The molecule has 1 heterocycles. The fourth-order valence-corrected chi connectivity index (χ4v) is 8.90. The van der Waals surface area contributed by atoms with Gasteiger partial charge in [-0.2, -0.15) is 11.8 Å². The smallest absolute Gasteiger partial charge is 0.245 e. The van der Waals surface area contributed by atoms with Gasteiger partial charge in [0.2, 0.25) is 23.6 Å². The lowest BCUT2D eigenvalue weighted by Crippen LogP contribution is -2.59. The van der Waals surface area contributed by atoms with Crippen molar-refractivity contribution in [1.82, 2.24) is 20.0 Å². The van der Waals surface area contributed by atoms with Crippen molar-refractivity contribution in [3.63, 3.8) is 0 Å². The van der Waals surface area contributed by atoms with Gasteiger partial charge < -0.3 is 29.9 Å². The summed E-state index contributed by atoms with van der Waals surface area (Å²) >= 11 is 1.60. The molecule has 12 heteroatoms. The van der Waals surface area contributed by atoms with Crippen LogP contribution < -0.4 is 10.2 Å². The van der Waals surface area contributed by atoms with Crippen LogP contribution in [0.3, 0.4) is 0 Å². The van der Waals surface area contributed by atoms with Crippen LogP contribution >= 0.6 is 11.8 Å².